The highest BCUT2D eigenvalue weighted by Gasteiger charge is 2.46. The fourth-order valence-corrected chi connectivity index (χ4v) is 1.05. The van der Waals surface area contributed by atoms with Crippen LogP contribution in [0.4, 0.5) is 22.0 Å². The first-order valence-electron chi connectivity index (χ1n) is 5.54. The maximum Gasteiger partial charge on any atom is 0.422 e. The normalized spacial score (nSPS) is 14.0. The van der Waals surface area contributed by atoms with E-state index in [2.05, 4.69) is 16.1 Å². The van der Waals surface area contributed by atoms with E-state index in [-0.39, 0.29) is 0 Å². The molecule has 0 aliphatic heterocycles. The van der Waals surface area contributed by atoms with Gasteiger partial charge in [0.25, 0.3) is 0 Å². The minimum atomic E-state index is -5.81. The van der Waals surface area contributed by atoms with Crippen LogP contribution in [0.3, 0.4) is 0 Å². The van der Waals surface area contributed by atoms with Crippen molar-refractivity contribution >= 4 is 22.1 Å². The molecule has 1 atom stereocenters. The molecular formula is C10H11F5O7S. The van der Waals surface area contributed by atoms with Crippen LogP contribution in [0.15, 0.2) is 12.2 Å². The van der Waals surface area contributed by atoms with Crippen LogP contribution in [0, 0.1) is 5.92 Å². The molecule has 0 heterocycles. The van der Waals surface area contributed by atoms with Gasteiger partial charge in [0, 0.05) is 0 Å². The van der Waals surface area contributed by atoms with Gasteiger partial charge in [-0.15, -0.1) is 0 Å². The summed E-state index contributed by atoms with van der Waals surface area (Å²) in [7, 11) is -5.81. The number of alkyl halides is 5. The van der Waals surface area contributed by atoms with E-state index in [0.717, 1.165) is 6.92 Å². The molecule has 0 aromatic heterocycles. The molecule has 0 aliphatic carbocycles. The molecule has 13 heteroatoms. The van der Waals surface area contributed by atoms with Gasteiger partial charge in [0.1, 0.15) is 12.2 Å². The van der Waals surface area contributed by atoms with Crippen molar-refractivity contribution in [2.24, 2.45) is 5.92 Å². The molecule has 0 aromatic rings. The van der Waals surface area contributed by atoms with Gasteiger partial charge in [-0.3, -0.25) is 9.35 Å². The van der Waals surface area contributed by atoms with Crippen molar-refractivity contribution in [3.63, 3.8) is 0 Å². The first-order valence-corrected chi connectivity index (χ1v) is 6.98. The van der Waals surface area contributed by atoms with Gasteiger partial charge in [0.05, 0.1) is 5.92 Å². The molecule has 7 nitrogen and oxygen atoms in total. The smallest absolute Gasteiger partial charge is 0.422 e. The number of ether oxygens (including phenoxy) is 2. The molecule has 0 saturated heterocycles. The highest BCUT2D eigenvalue weighted by atomic mass is 32.2. The zero-order valence-electron chi connectivity index (χ0n) is 11.4. The predicted octanol–water partition coefficient (Wildman–Crippen LogP) is 1.31. The van der Waals surface area contributed by atoms with Crippen molar-refractivity contribution in [1.82, 2.24) is 0 Å². The lowest BCUT2D eigenvalue weighted by atomic mass is 10.2. The fraction of sp³-hybridized carbons (Fsp3) is 0.600. The van der Waals surface area contributed by atoms with E-state index in [1.807, 2.05) is 0 Å². The first-order chi connectivity index (χ1) is 10.1. The molecule has 0 saturated carbocycles. The van der Waals surface area contributed by atoms with Crippen LogP contribution in [0.2, 0.25) is 0 Å². The van der Waals surface area contributed by atoms with Crippen LogP contribution in [0.5, 0.6) is 0 Å². The summed E-state index contributed by atoms with van der Waals surface area (Å²) in [4.78, 5) is 22.2. The lowest BCUT2D eigenvalue weighted by Crippen LogP contribution is -2.36. The number of hydrogen-bond acceptors (Lipinski definition) is 6. The van der Waals surface area contributed by atoms with Gasteiger partial charge in [-0.25, -0.2) is 4.79 Å². The van der Waals surface area contributed by atoms with Crippen LogP contribution < -0.4 is 0 Å². The van der Waals surface area contributed by atoms with Gasteiger partial charge in [-0.05, 0) is 6.92 Å². The topological polar surface area (TPSA) is 107 Å². The molecule has 0 amide bonds. The number of esters is 2. The average Bonchev–Trinajstić information content (AvgIpc) is 2.38. The van der Waals surface area contributed by atoms with Gasteiger partial charge in [-0.2, -0.15) is 30.4 Å². The second-order valence-corrected chi connectivity index (χ2v) is 5.74. The van der Waals surface area contributed by atoms with Gasteiger partial charge < -0.3 is 9.47 Å². The molecule has 0 bridgehead atoms. The van der Waals surface area contributed by atoms with Crippen molar-refractivity contribution < 1.29 is 54.0 Å². The third kappa shape index (κ3) is 6.48. The largest absolute Gasteiger partial charge is 0.461 e. The summed E-state index contributed by atoms with van der Waals surface area (Å²) in [5.74, 6) is -4.84. The van der Waals surface area contributed by atoms with Crippen LogP contribution in [0.25, 0.3) is 0 Å². The Morgan fingerprint density at radius 1 is 1.17 bits per heavy atom. The van der Waals surface area contributed by atoms with E-state index in [0.29, 0.717) is 0 Å². The monoisotopic (exact) mass is 370 g/mol. The van der Waals surface area contributed by atoms with E-state index >= 15 is 0 Å². The Hall–Kier alpha value is -1.76. The van der Waals surface area contributed by atoms with Gasteiger partial charge in [-0.1, -0.05) is 6.58 Å². The Bertz CT molecular complexity index is 581. The van der Waals surface area contributed by atoms with Gasteiger partial charge in [0.2, 0.25) is 0 Å². The zero-order valence-corrected chi connectivity index (χ0v) is 12.2. The summed E-state index contributed by atoms with van der Waals surface area (Å²) in [6.45, 7) is 0.421. The summed E-state index contributed by atoms with van der Waals surface area (Å²) >= 11 is 0. The molecule has 0 spiro atoms. The molecule has 0 fully saturated rings. The van der Waals surface area contributed by atoms with Crippen molar-refractivity contribution in [2.75, 3.05) is 13.2 Å². The molecular weight excluding hydrogens is 359 g/mol. The number of carbonyl (C=O) groups is 2. The van der Waals surface area contributed by atoms with Gasteiger partial charge in [0.15, 0.2) is 6.61 Å². The summed E-state index contributed by atoms with van der Waals surface area (Å²) < 4.78 is 98.4. The second-order valence-electron chi connectivity index (χ2n) is 4.20. The SMILES string of the molecule is C=C(C(=O)OCC(C)C(=O)OCC(F)(F)S(=O)(=O)O)C(F)(F)F. The highest BCUT2D eigenvalue weighted by Crippen LogP contribution is 2.25. The van der Waals surface area contributed by atoms with Crippen LogP contribution in [-0.4, -0.2) is 49.6 Å². The number of halogens is 5. The van der Waals surface area contributed by atoms with Crippen molar-refractivity contribution in [3.05, 3.63) is 12.2 Å². The van der Waals surface area contributed by atoms with Gasteiger partial charge >= 0.3 is 33.5 Å². The average molecular weight is 370 g/mol. The van der Waals surface area contributed by atoms with Crippen molar-refractivity contribution in [1.29, 1.82) is 0 Å². The molecule has 23 heavy (non-hydrogen) atoms. The van der Waals surface area contributed by atoms with E-state index in [9.17, 15) is 40.0 Å². The molecule has 0 radical (unpaired) electrons. The summed E-state index contributed by atoms with van der Waals surface area (Å²) in [5.41, 5.74) is -1.84. The Morgan fingerprint density at radius 3 is 2.04 bits per heavy atom. The summed E-state index contributed by atoms with van der Waals surface area (Å²) in [5, 5.41) is -4.76. The maximum atomic E-state index is 12.8. The van der Waals surface area contributed by atoms with Crippen molar-refractivity contribution in [3.8, 4) is 0 Å². The van der Waals surface area contributed by atoms with Crippen LogP contribution >= 0.6 is 0 Å². The molecule has 1 unspecified atom stereocenters. The fourth-order valence-electron chi connectivity index (χ4n) is 0.843. The first kappa shape index (κ1) is 21.2. The van der Waals surface area contributed by atoms with E-state index in [1.165, 1.54) is 0 Å². The van der Waals surface area contributed by atoms with Crippen LogP contribution in [0.1, 0.15) is 6.92 Å². The Morgan fingerprint density at radius 2 is 1.65 bits per heavy atom. The summed E-state index contributed by atoms with van der Waals surface area (Å²) in [6, 6.07) is 0. The second kappa shape index (κ2) is 7.21. The van der Waals surface area contributed by atoms with E-state index in [1.54, 1.807) is 0 Å². The minimum Gasteiger partial charge on any atom is -0.461 e. The molecule has 1 N–H and O–H groups in total. The Labute approximate surface area is 126 Å². The molecule has 0 aromatic carbocycles. The third-order valence-electron chi connectivity index (χ3n) is 2.22. The standard InChI is InChI=1S/C10H11F5O7S/c1-5(3-21-8(17)6(2)10(13,14)15)7(16)22-4-9(11,12)23(18,19)20/h5H,2-4H2,1H3,(H,18,19,20). The lowest BCUT2D eigenvalue weighted by Gasteiger charge is -2.16. The summed E-state index contributed by atoms with van der Waals surface area (Å²) in [6.07, 6.45) is -5.04. The quantitative estimate of drug-likeness (QED) is 0.312. The van der Waals surface area contributed by atoms with E-state index < -0.39 is 58.2 Å². The molecule has 134 valence electrons. The number of carbonyl (C=O) groups excluding carboxylic acids is 2. The zero-order chi connectivity index (χ0) is 18.6. The van der Waals surface area contributed by atoms with Crippen LogP contribution in [-0.2, 0) is 29.2 Å². The van der Waals surface area contributed by atoms with Crippen molar-refractivity contribution in [2.45, 2.75) is 18.4 Å². The predicted molar refractivity (Wildman–Crippen MR) is 62.8 cm³/mol. The Kier molecular flexibility index (Phi) is 6.66. The molecule has 0 aliphatic rings. The number of hydrogen-bond donors (Lipinski definition) is 1. The third-order valence-corrected chi connectivity index (χ3v) is 3.09. The maximum absolute atomic E-state index is 12.8. The van der Waals surface area contributed by atoms with E-state index in [4.69, 9.17) is 4.55 Å². The molecule has 0 rings (SSSR count). The highest BCUT2D eigenvalue weighted by molar-refractivity contribution is 7.86. The lowest BCUT2D eigenvalue weighted by molar-refractivity contribution is -0.160. The number of rotatable bonds is 7. The Balaban J connectivity index is 4.49. The minimum absolute atomic E-state index is 0.954.